The summed E-state index contributed by atoms with van der Waals surface area (Å²) in [6, 6.07) is 6.07. The first-order valence-electron chi connectivity index (χ1n) is 7.32. The maximum Gasteiger partial charge on any atom is 0.254 e. The summed E-state index contributed by atoms with van der Waals surface area (Å²) in [5, 5.41) is 3.40. The number of rotatable bonds is 1. The lowest BCUT2D eigenvalue weighted by Gasteiger charge is -2.23. The number of carbonyl (C=O) groups is 1. The molecule has 3 nitrogen and oxygen atoms in total. The summed E-state index contributed by atoms with van der Waals surface area (Å²) in [7, 11) is 0. The number of halogens is 1. The van der Waals surface area contributed by atoms with Crippen molar-refractivity contribution < 1.29 is 4.79 Å². The molecule has 2 unspecified atom stereocenters. The Morgan fingerprint density at radius 2 is 1.95 bits per heavy atom. The molecule has 3 rings (SSSR count). The molecule has 2 aliphatic heterocycles. The van der Waals surface area contributed by atoms with Gasteiger partial charge in [0.15, 0.2) is 0 Å². The molecule has 2 atom stereocenters. The molecule has 4 heteroatoms. The minimum atomic E-state index is 0. The zero-order chi connectivity index (χ0) is 13.4. The summed E-state index contributed by atoms with van der Waals surface area (Å²) in [6.45, 7) is 7.29. The van der Waals surface area contributed by atoms with Gasteiger partial charge < -0.3 is 10.2 Å². The third-order valence-corrected chi connectivity index (χ3v) is 4.60. The van der Waals surface area contributed by atoms with Crippen LogP contribution in [-0.2, 0) is 6.42 Å². The monoisotopic (exact) mass is 294 g/mol. The Bertz CT molecular complexity index is 493. The molecule has 1 aromatic carbocycles. The van der Waals surface area contributed by atoms with Crippen LogP contribution in [0.1, 0.15) is 36.2 Å². The number of benzene rings is 1. The Balaban J connectivity index is 0.00000147. The van der Waals surface area contributed by atoms with Gasteiger partial charge >= 0.3 is 0 Å². The van der Waals surface area contributed by atoms with Crippen LogP contribution in [0.15, 0.2) is 18.2 Å². The van der Waals surface area contributed by atoms with E-state index < -0.39 is 0 Å². The standard InChI is InChI=1S/C16H22N2O.ClH/c1-11-9-18(10-12(11)2)16(19)14-5-3-7-15-13(14)6-4-8-17-15;/h3,5,7,11-12,17H,4,6,8-10H2,1-2H3;1H. The molecule has 1 saturated heterocycles. The van der Waals surface area contributed by atoms with Crippen molar-refractivity contribution in [2.45, 2.75) is 26.7 Å². The van der Waals surface area contributed by atoms with E-state index in [0.29, 0.717) is 11.8 Å². The van der Waals surface area contributed by atoms with Crippen LogP contribution in [0.3, 0.4) is 0 Å². The van der Waals surface area contributed by atoms with Gasteiger partial charge in [0, 0.05) is 30.9 Å². The fraction of sp³-hybridized carbons (Fsp3) is 0.562. The first kappa shape index (κ1) is 15.2. The van der Waals surface area contributed by atoms with Crippen molar-refractivity contribution in [1.29, 1.82) is 0 Å². The van der Waals surface area contributed by atoms with Crippen LogP contribution in [0.2, 0.25) is 0 Å². The van der Waals surface area contributed by atoms with Gasteiger partial charge in [-0.05, 0) is 42.4 Å². The van der Waals surface area contributed by atoms with Gasteiger partial charge in [-0.1, -0.05) is 19.9 Å². The van der Waals surface area contributed by atoms with Crippen LogP contribution in [0, 0.1) is 11.8 Å². The normalized spacial score (nSPS) is 24.6. The largest absolute Gasteiger partial charge is 0.385 e. The van der Waals surface area contributed by atoms with Gasteiger partial charge in [-0.3, -0.25) is 4.79 Å². The summed E-state index contributed by atoms with van der Waals surface area (Å²) in [4.78, 5) is 14.7. The second-order valence-corrected chi connectivity index (χ2v) is 6.03. The van der Waals surface area contributed by atoms with Crippen molar-refractivity contribution in [3.05, 3.63) is 29.3 Å². The molecule has 1 N–H and O–H groups in total. The molecule has 1 aromatic rings. The molecule has 2 heterocycles. The fourth-order valence-corrected chi connectivity index (χ4v) is 3.18. The highest BCUT2D eigenvalue weighted by Gasteiger charge is 2.31. The van der Waals surface area contributed by atoms with Gasteiger partial charge in [-0.2, -0.15) is 0 Å². The van der Waals surface area contributed by atoms with Gasteiger partial charge in [-0.15, -0.1) is 12.4 Å². The third-order valence-electron chi connectivity index (χ3n) is 4.60. The maximum atomic E-state index is 12.7. The second kappa shape index (κ2) is 6.04. The zero-order valence-electron chi connectivity index (χ0n) is 12.2. The number of anilines is 1. The molecule has 20 heavy (non-hydrogen) atoms. The van der Waals surface area contributed by atoms with E-state index >= 15 is 0 Å². The van der Waals surface area contributed by atoms with Crippen LogP contribution >= 0.6 is 12.4 Å². The minimum absolute atomic E-state index is 0. The lowest BCUT2D eigenvalue weighted by molar-refractivity contribution is 0.0784. The number of likely N-dealkylation sites (tertiary alicyclic amines) is 1. The molecule has 0 bridgehead atoms. The molecule has 2 aliphatic rings. The molecule has 1 amide bonds. The van der Waals surface area contributed by atoms with Crippen molar-refractivity contribution in [2.75, 3.05) is 25.0 Å². The Morgan fingerprint density at radius 3 is 2.65 bits per heavy atom. The van der Waals surface area contributed by atoms with Crippen molar-refractivity contribution in [2.24, 2.45) is 11.8 Å². The van der Waals surface area contributed by atoms with E-state index in [2.05, 4.69) is 25.2 Å². The van der Waals surface area contributed by atoms with E-state index in [1.165, 1.54) is 5.56 Å². The maximum absolute atomic E-state index is 12.7. The summed E-state index contributed by atoms with van der Waals surface area (Å²) < 4.78 is 0. The van der Waals surface area contributed by atoms with Crippen molar-refractivity contribution in [3.63, 3.8) is 0 Å². The third kappa shape index (κ3) is 2.64. The minimum Gasteiger partial charge on any atom is -0.385 e. The highest BCUT2D eigenvalue weighted by Crippen LogP contribution is 2.29. The highest BCUT2D eigenvalue weighted by atomic mass is 35.5. The van der Waals surface area contributed by atoms with Crippen LogP contribution in [0.25, 0.3) is 0 Å². The first-order chi connectivity index (χ1) is 9.16. The topological polar surface area (TPSA) is 32.3 Å². The number of hydrogen-bond acceptors (Lipinski definition) is 2. The summed E-state index contributed by atoms with van der Waals surface area (Å²) in [5.74, 6) is 1.44. The lowest BCUT2D eigenvalue weighted by atomic mass is 9.97. The Hall–Kier alpha value is -1.22. The molecule has 110 valence electrons. The van der Waals surface area contributed by atoms with Crippen molar-refractivity contribution >= 4 is 24.0 Å². The molecule has 1 fully saturated rings. The number of hydrogen-bond donors (Lipinski definition) is 1. The van der Waals surface area contributed by atoms with Gasteiger partial charge in [0.05, 0.1) is 0 Å². The van der Waals surface area contributed by atoms with E-state index in [1.807, 2.05) is 17.0 Å². The Labute approximate surface area is 127 Å². The second-order valence-electron chi connectivity index (χ2n) is 6.03. The summed E-state index contributed by atoms with van der Waals surface area (Å²) in [6.07, 6.45) is 2.13. The van der Waals surface area contributed by atoms with Gasteiger partial charge in [0.2, 0.25) is 0 Å². The van der Waals surface area contributed by atoms with Gasteiger partial charge in [-0.25, -0.2) is 0 Å². The molecule has 0 saturated carbocycles. The molecule has 0 radical (unpaired) electrons. The predicted octanol–water partition coefficient (Wildman–Crippen LogP) is 3.19. The average molecular weight is 295 g/mol. The van der Waals surface area contributed by atoms with E-state index in [-0.39, 0.29) is 18.3 Å². The Kier molecular flexibility index (Phi) is 4.59. The fourth-order valence-electron chi connectivity index (χ4n) is 3.18. The average Bonchev–Trinajstić information content (AvgIpc) is 2.77. The number of carbonyl (C=O) groups excluding carboxylic acids is 1. The molecule has 0 aliphatic carbocycles. The van der Waals surface area contributed by atoms with E-state index in [0.717, 1.165) is 43.7 Å². The van der Waals surface area contributed by atoms with Crippen LogP contribution < -0.4 is 5.32 Å². The molecular formula is C16H23ClN2O. The SMILES string of the molecule is CC1CN(C(=O)c2cccc3c2CCCN3)CC1C.Cl. The van der Waals surface area contributed by atoms with E-state index in [1.54, 1.807) is 0 Å². The molecular weight excluding hydrogens is 272 g/mol. The van der Waals surface area contributed by atoms with Crippen LogP contribution in [-0.4, -0.2) is 30.4 Å². The quantitative estimate of drug-likeness (QED) is 0.863. The van der Waals surface area contributed by atoms with Crippen LogP contribution in [0.4, 0.5) is 5.69 Å². The lowest BCUT2D eigenvalue weighted by Crippen LogP contribution is -2.30. The van der Waals surface area contributed by atoms with Crippen molar-refractivity contribution in [1.82, 2.24) is 4.90 Å². The van der Waals surface area contributed by atoms with Crippen molar-refractivity contribution in [3.8, 4) is 0 Å². The molecule has 0 aromatic heterocycles. The smallest absolute Gasteiger partial charge is 0.254 e. The Morgan fingerprint density at radius 1 is 1.25 bits per heavy atom. The van der Waals surface area contributed by atoms with Crippen LogP contribution in [0.5, 0.6) is 0 Å². The first-order valence-corrected chi connectivity index (χ1v) is 7.32. The van der Waals surface area contributed by atoms with E-state index in [4.69, 9.17) is 0 Å². The number of fused-ring (bicyclic) bond motifs is 1. The number of nitrogens with zero attached hydrogens (tertiary/aromatic N) is 1. The summed E-state index contributed by atoms with van der Waals surface area (Å²) in [5.41, 5.74) is 3.27. The van der Waals surface area contributed by atoms with Gasteiger partial charge in [0.25, 0.3) is 5.91 Å². The number of nitrogens with one attached hydrogen (secondary N) is 1. The predicted molar refractivity (Wildman–Crippen MR) is 84.7 cm³/mol. The van der Waals surface area contributed by atoms with Gasteiger partial charge in [0.1, 0.15) is 0 Å². The summed E-state index contributed by atoms with van der Waals surface area (Å²) >= 11 is 0. The number of amides is 1. The molecule has 0 spiro atoms. The highest BCUT2D eigenvalue weighted by molar-refractivity contribution is 5.97. The van der Waals surface area contributed by atoms with E-state index in [9.17, 15) is 4.79 Å². The zero-order valence-corrected chi connectivity index (χ0v) is 13.0.